The number of thiazole rings is 1. The first-order valence-electron chi connectivity index (χ1n) is 9.15. The van der Waals surface area contributed by atoms with Gasteiger partial charge >= 0.3 is 0 Å². The molecule has 0 aliphatic heterocycles. The second-order valence-electron chi connectivity index (χ2n) is 6.30. The van der Waals surface area contributed by atoms with Crippen LogP contribution >= 0.6 is 11.3 Å². The standard InChI is InChI=1S/C22H18FN3O2S/c1-2-28-17-8-9-18-19(13-17)29-22(25-18)26(14-15-6-4-3-5-7-15)21(27)16-10-11-24-20(23)12-16/h3-13H,2,14H2,1H3. The van der Waals surface area contributed by atoms with Crippen LogP contribution in [0.1, 0.15) is 22.8 Å². The molecular formula is C22H18FN3O2S. The maximum absolute atomic E-state index is 13.6. The number of nitrogens with zero attached hydrogens (tertiary/aromatic N) is 3. The van der Waals surface area contributed by atoms with E-state index in [1.807, 2.05) is 55.5 Å². The topological polar surface area (TPSA) is 55.3 Å². The molecule has 2 aromatic heterocycles. The second-order valence-corrected chi connectivity index (χ2v) is 7.31. The Morgan fingerprint density at radius 1 is 1.14 bits per heavy atom. The minimum absolute atomic E-state index is 0.225. The first kappa shape index (κ1) is 19.0. The highest BCUT2D eigenvalue weighted by Crippen LogP contribution is 2.33. The third-order valence-corrected chi connectivity index (χ3v) is 5.33. The zero-order valence-electron chi connectivity index (χ0n) is 15.7. The largest absolute Gasteiger partial charge is 0.494 e. The van der Waals surface area contributed by atoms with Gasteiger partial charge in [0.1, 0.15) is 5.75 Å². The Morgan fingerprint density at radius 3 is 2.72 bits per heavy atom. The Labute approximate surface area is 171 Å². The van der Waals surface area contributed by atoms with E-state index in [0.717, 1.165) is 27.6 Å². The molecule has 146 valence electrons. The summed E-state index contributed by atoms with van der Waals surface area (Å²) in [7, 11) is 0. The first-order valence-corrected chi connectivity index (χ1v) is 9.96. The molecule has 0 radical (unpaired) electrons. The zero-order valence-corrected chi connectivity index (χ0v) is 16.5. The van der Waals surface area contributed by atoms with Crippen LogP contribution in [0.15, 0.2) is 66.9 Å². The van der Waals surface area contributed by atoms with Gasteiger partial charge in [0.15, 0.2) is 5.13 Å². The zero-order chi connectivity index (χ0) is 20.2. The maximum Gasteiger partial charge on any atom is 0.260 e. The van der Waals surface area contributed by atoms with Gasteiger partial charge in [0.25, 0.3) is 5.91 Å². The van der Waals surface area contributed by atoms with E-state index >= 15 is 0 Å². The average molecular weight is 407 g/mol. The Hall–Kier alpha value is -3.32. The number of carbonyl (C=O) groups is 1. The number of hydrogen-bond acceptors (Lipinski definition) is 5. The fraction of sp³-hybridized carbons (Fsp3) is 0.136. The first-order chi connectivity index (χ1) is 14.1. The molecular weight excluding hydrogens is 389 g/mol. The lowest BCUT2D eigenvalue weighted by Gasteiger charge is -2.20. The molecule has 4 aromatic rings. The second kappa shape index (κ2) is 8.36. The third kappa shape index (κ3) is 4.25. The summed E-state index contributed by atoms with van der Waals surface area (Å²) in [5.41, 5.74) is 1.95. The number of benzene rings is 2. The predicted molar refractivity (Wildman–Crippen MR) is 112 cm³/mol. The van der Waals surface area contributed by atoms with Gasteiger partial charge in [-0.1, -0.05) is 41.7 Å². The molecule has 5 nitrogen and oxygen atoms in total. The molecule has 0 saturated heterocycles. The summed E-state index contributed by atoms with van der Waals surface area (Å²) in [6, 6.07) is 17.9. The van der Waals surface area contributed by atoms with E-state index in [2.05, 4.69) is 9.97 Å². The number of carbonyl (C=O) groups excluding carboxylic acids is 1. The van der Waals surface area contributed by atoms with Gasteiger partial charge in [-0.25, -0.2) is 9.97 Å². The maximum atomic E-state index is 13.6. The number of aromatic nitrogens is 2. The van der Waals surface area contributed by atoms with Crippen molar-refractivity contribution >= 4 is 32.6 Å². The van der Waals surface area contributed by atoms with E-state index < -0.39 is 5.95 Å². The Bertz CT molecular complexity index is 1150. The number of halogens is 1. The summed E-state index contributed by atoms with van der Waals surface area (Å²) in [6.45, 7) is 2.82. The number of ether oxygens (including phenoxy) is 1. The summed E-state index contributed by atoms with van der Waals surface area (Å²) in [4.78, 5) is 23.0. The summed E-state index contributed by atoms with van der Waals surface area (Å²) in [5, 5.41) is 0.541. The molecule has 0 aliphatic rings. The van der Waals surface area contributed by atoms with Gasteiger partial charge in [0, 0.05) is 17.8 Å². The quantitative estimate of drug-likeness (QED) is 0.419. The van der Waals surface area contributed by atoms with Crippen LogP contribution in [0.3, 0.4) is 0 Å². The number of rotatable bonds is 6. The van der Waals surface area contributed by atoms with Crippen molar-refractivity contribution in [2.24, 2.45) is 0 Å². The number of pyridine rings is 1. The van der Waals surface area contributed by atoms with Crippen LogP contribution < -0.4 is 9.64 Å². The van der Waals surface area contributed by atoms with Gasteiger partial charge in [0.05, 0.1) is 23.4 Å². The Balaban J connectivity index is 1.75. The van der Waals surface area contributed by atoms with Crippen molar-refractivity contribution in [3.05, 3.63) is 83.9 Å². The van der Waals surface area contributed by atoms with Gasteiger partial charge in [-0.05, 0) is 36.8 Å². The predicted octanol–water partition coefficient (Wildman–Crippen LogP) is 5.08. The molecule has 1 amide bonds. The number of amides is 1. The molecule has 0 bridgehead atoms. The van der Waals surface area contributed by atoms with Crippen LogP contribution in [0, 0.1) is 5.95 Å². The summed E-state index contributed by atoms with van der Waals surface area (Å²) < 4.78 is 20.1. The van der Waals surface area contributed by atoms with Crippen molar-refractivity contribution in [2.45, 2.75) is 13.5 Å². The molecule has 29 heavy (non-hydrogen) atoms. The highest BCUT2D eigenvalue weighted by atomic mass is 32.1. The molecule has 2 aromatic carbocycles. The van der Waals surface area contributed by atoms with Crippen molar-refractivity contribution in [1.29, 1.82) is 0 Å². The smallest absolute Gasteiger partial charge is 0.260 e. The number of fused-ring (bicyclic) bond motifs is 1. The molecule has 0 atom stereocenters. The minimum atomic E-state index is -0.693. The summed E-state index contributed by atoms with van der Waals surface area (Å²) >= 11 is 1.40. The van der Waals surface area contributed by atoms with Gasteiger partial charge < -0.3 is 4.74 Å². The molecule has 0 saturated carbocycles. The Morgan fingerprint density at radius 2 is 1.97 bits per heavy atom. The molecule has 2 heterocycles. The lowest BCUT2D eigenvalue weighted by molar-refractivity contribution is 0.0984. The van der Waals surface area contributed by atoms with Crippen molar-refractivity contribution < 1.29 is 13.9 Å². The average Bonchev–Trinajstić information content (AvgIpc) is 3.15. The van der Waals surface area contributed by atoms with Crippen molar-refractivity contribution in [3.8, 4) is 5.75 Å². The minimum Gasteiger partial charge on any atom is -0.494 e. The van der Waals surface area contributed by atoms with E-state index in [1.54, 1.807) is 4.90 Å². The van der Waals surface area contributed by atoms with Crippen LogP contribution in [-0.2, 0) is 6.54 Å². The highest BCUT2D eigenvalue weighted by Gasteiger charge is 2.22. The number of hydrogen-bond donors (Lipinski definition) is 0. The molecule has 0 fully saturated rings. The van der Waals surface area contributed by atoms with Gasteiger partial charge in [-0.15, -0.1) is 0 Å². The fourth-order valence-corrected chi connectivity index (χ4v) is 3.94. The van der Waals surface area contributed by atoms with Crippen LogP contribution in [0.2, 0.25) is 0 Å². The lowest BCUT2D eigenvalue weighted by atomic mass is 10.2. The van der Waals surface area contributed by atoms with Crippen LogP contribution in [0.25, 0.3) is 10.2 Å². The molecule has 0 aliphatic carbocycles. The van der Waals surface area contributed by atoms with Gasteiger partial charge in [0.2, 0.25) is 5.95 Å². The fourth-order valence-electron chi connectivity index (χ4n) is 2.95. The van der Waals surface area contributed by atoms with Crippen LogP contribution in [0.4, 0.5) is 9.52 Å². The van der Waals surface area contributed by atoms with E-state index in [-0.39, 0.29) is 11.5 Å². The van der Waals surface area contributed by atoms with Crippen molar-refractivity contribution in [2.75, 3.05) is 11.5 Å². The summed E-state index contributed by atoms with van der Waals surface area (Å²) in [6.07, 6.45) is 1.29. The molecule has 0 spiro atoms. The highest BCUT2D eigenvalue weighted by molar-refractivity contribution is 7.22. The molecule has 0 unspecified atom stereocenters. The summed E-state index contributed by atoms with van der Waals surface area (Å²) in [5.74, 6) is -0.271. The van der Waals surface area contributed by atoms with E-state index in [4.69, 9.17) is 4.74 Å². The normalized spacial score (nSPS) is 10.8. The van der Waals surface area contributed by atoms with Crippen LogP contribution in [0.5, 0.6) is 5.75 Å². The van der Waals surface area contributed by atoms with Gasteiger partial charge in [-0.2, -0.15) is 4.39 Å². The molecule has 4 rings (SSSR count). The lowest BCUT2D eigenvalue weighted by Crippen LogP contribution is -2.30. The monoisotopic (exact) mass is 407 g/mol. The van der Waals surface area contributed by atoms with Gasteiger partial charge in [-0.3, -0.25) is 9.69 Å². The Kier molecular flexibility index (Phi) is 5.48. The van der Waals surface area contributed by atoms with Crippen LogP contribution in [-0.4, -0.2) is 22.5 Å². The SMILES string of the molecule is CCOc1ccc2nc(N(Cc3ccccc3)C(=O)c3ccnc(F)c3)sc2c1. The third-order valence-electron chi connectivity index (χ3n) is 4.29. The molecule has 7 heteroatoms. The number of anilines is 1. The van der Waals surface area contributed by atoms with Crippen molar-refractivity contribution in [3.63, 3.8) is 0 Å². The van der Waals surface area contributed by atoms with E-state index in [9.17, 15) is 9.18 Å². The molecule has 0 N–H and O–H groups in total. The van der Waals surface area contributed by atoms with E-state index in [0.29, 0.717) is 18.3 Å². The van der Waals surface area contributed by atoms with E-state index in [1.165, 1.54) is 23.6 Å². The van der Waals surface area contributed by atoms with Crippen molar-refractivity contribution in [1.82, 2.24) is 9.97 Å².